The number of benzene rings is 2. The quantitative estimate of drug-likeness (QED) is 0.308. The summed E-state index contributed by atoms with van der Waals surface area (Å²) < 4.78 is 54.1. The zero-order valence-corrected chi connectivity index (χ0v) is 18.5. The van der Waals surface area contributed by atoms with Gasteiger partial charge in [-0.2, -0.15) is 13.2 Å². The van der Waals surface area contributed by atoms with Gasteiger partial charge in [0.2, 0.25) is 0 Å². The summed E-state index contributed by atoms with van der Waals surface area (Å²) in [5.41, 5.74) is -0.715. The van der Waals surface area contributed by atoms with Gasteiger partial charge in [0, 0.05) is 12.1 Å². The van der Waals surface area contributed by atoms with Crippen LogP contribution in [0.25, 0.3) is 0 Å². The zero-order valence-electron chi connectivity index (χ0n) is 15.4. The Labute approximate surface area is 192 Å². The molecule has 0 N–H and O–H groups in total. The predicted octanol–water partition coefficient (Wildman–Crippen LogP) is 7.95. The van der Waals surface area contributed by atoms with Crippen molar-refractivity contribution in [3.63, 3.8) is 0 Å². The van der Waals surface area contributed by atoms with E-state index >= 15 is 0 Å². The molecule has 0 radical (unpaired) electrons. The van der Waals surface area contributed by atoms with Crippen LogP contribution < -0.4 is 14.2 Å². The average molecular weight is 504 g/mol. The van der Waals surface area contributed by atoms with Gasteiger partial charge in [-0.1, -0.05) is 46.4 Å². The molecule has 0 aliphatic rings. The molecule has 2 rings (SSSR count). The van der Waals surface area contributed by atoms with Crippen LogP contribution in [-0.4, -0.2) is 19.8 Å². The minimum absolute atomic E-state index is 0.0921. The van der Waals surface area contributed by atoms with Crippen molar-refractivity contribution in [2.24, 2.45) is 0 Å². The van der Waals surface area contributed by atoms with Crippen LogP contribution in [0.5, 0.6) is 17.2 Å². The molecule has 2 aromatic rings. The third-order valence-electron chi connectivity index (χ3n) is 3.69. The first kappa shape index (κ1) is 24.8. The van der Waals surface area contributed by atoms with Crippen molar-refractivity contribution < 1.29 is 27.4 Å². The standard InChI is InChI=1S/C20H17Cl4F3O3/c21-16-11-15(29-10-7-18(23)24)12-17(22)19(16)30-9-2-1-8-28-14-5-3-13(4-6-14)20(25,26)27/h3-7,11-12H,1-2,8-10H2. The molecule has 0 spiro atoms. The molecule has 2 aromatic carbocycles. The van der Waals surface area contributed by atoms with Gasteiger partial charge in [0.05, 0.1) is 28.8 Å². The second-order valence-corrected chi connectivity index (χ2v) is 7.77. The number of ether oxygens (including phenoxy) is 3. The van der Waals surface area contributed by atoms with Crippen LogP contribution in [0.3, 0.4) is 0 Å². The minimum atomic E-state index is -4.36. The van der Waals surface area contributed by atoms with Crippen molar-refractivity contribution in [2.45, 2.75) is 19.0 Å². The monoisotopic (exact) mass is 502 g/mol. The summed E-state index contributed by atoms with van der Waals surface area (Å²) in [5, 5.41) is 0.582. The van der Waals surface area contributed by atoms with Crippen LogP contribution in [0.2, 0.25) is 10.0 Å². The van der Waals surface area contributed by atoms with Crippen LogP contribution in [-0.2, 0) is 6.18 Å². The molecule has 0 aliphatic carbocycles. The Morgan fingerprint density at radius 3 is 1.93 bits per heavy atom. The SMILES string of the molecule is FC(F)(F)c1ccc(OCCCCOc2c(Cl)cc(OCC=C(Cl)Cl)cc2Cl)cc1. The first-order valence-corrected chi connectivity index (χ1v) is 10.2. The Morgan fingerprint density at radius 2 is 1.40 bits per heavy atom. The van der Waals surface area contributed by atoms with E-state index in [9.17, 15) is 13.2 Å². The van der Waals surface area contributed by atoms with Gasteiger partial charge in [-0.05, 0) is 43.2 Å². The highest BCUT2D eigenvalue weighted by Crippen LogP contribution is 2.37. The van der Waals surface area contributed by atoms with Crippen LogP contribution >= 0.6 is 46.4 Å². The molecule has 0 bridgehead atoms. The van der Waals surface area contributed by atoms with Gasteiger partial charge < -0.3 is 14.2 Å². The van der Waals surface area contributed by atoms with Gasteiger partial charge in [-0.15, -0.1) is 0 Å². The maximum atomic E-state index is 12.5. The molecule has 0 fully saturated rings. The van der Waals surface area contributed by atoms with E-state index in [4.69, 9.17) is 60.6 Å². The molecular weight excluding hydrogens is 487 g/mol. The van der Waals surface area contributed by atoms with Gasteiger partial charge in [0.25, 0.3) is 0 Å². The van der Waals surface area contributed by atoms with Crippen molar-refractivity contribution in [3.05, 3.63) is 62.6 Å². The Kier molecular flexibility index (Phi) is 9.75. The molecule has 0 aromatic heterocycles. The second-order valence-electron chi connectivity index (χ2n) is 5.95. The predicted molar refractivity (Wildman–Crippen MR) is 113 cm³/mol. The van der Waals surface area contributed by atoms with Gasteiger partial charge in [-0.25, -0.2) is 0 Å². The van der Waals surface area contributed by atoms with E-state index in [-0.39, 0.29) is 11.1 Å². The lowest BCUT2D eigenvalue weighted by molar-refractivity contribution is -0.137. The summed E-state index contributed by atoms with van der Waals surface area (Å²) in [6, 6.07) is 7.67. The molecule has 0 saturated carbocycles. The lowest BCUT2D eigenvalue weighted by Gasteiger charge is -2.12. The fourth-order valence-corrected chi connectivity index (χ4v) is 2.97. The van der Waals surface area contributed by atoms with E-state index in [0.717, 1.165) is 12.1 Å². The second kappa shape index (κ2) is 11.8. The highest BCUT2D eigenvalue weighted by Gasteiger charge is 2.29. The number of halogens is 7. The highest BCUT2D eigenvalue weighted by atomic mass is 35.5. The Bertz CT molecular complexity index is 828. The minimum Gasteiger partial charge on any atom is -0.494 e. The van der Waals surface area contributed by atoms with E-state index in [1.807, 2.05) is 0 Å². The fourth-order valence-electron chi connectivity index (χ4n) is 2.27. The molecule has 0 unspecified atom stereocenters. The van der Waals surface area contributed by atoms with Crippen molar-refractivity contribution in [2.75, 3.05) is 19.8 Å². The topological polar surface area (TPSA) is 27.7 Å². The molecule has 30 heavy (non-hydrogen) atoms. The summed E-state index contributed by atoms with van der Waals surface area (Å²) in [6.07, 6.45) is -1.63. The summed E-state index contributed by atoms with van der Waals surface area (Å²) in [4.78, 5) is 0. The van der Waals surface area contributed by atoms with E-state index in [2.05, 4.69) is 0 Å². The van der Waals surface area contributed by atoms with Gasteiger partial charge in [0.15, 0.2) is 5.75 Å². The van der Waals surface area contributed by atoms with Crippen LogP contribution in [0.15, 0.2) is 47.0 Å². The zero-order chi connectivity index (χ0) is 22.1. The fraction of sp³-hybridized carbons (Fsp3) is 0.300. The molecule has 0 amide bonds. The summed E-state index contributed by atoms with van der Waals surface area (Å²) in [7, 11) is 0. The number of alkyl halides is 3. The third kappa shape index (κ3) is 8.34. The molecule has 0 heterocycles. The first-order valence-electron chi connectivity index (χ1n) is 8.72. The summed E-state index contributed by atoms with van der Waals surface area (Å²) >= 11 is 23.4. The lowest BCUT2D eigenvalue weighted by atomic mass is 10.2. The largest absolute Gasteiger partial charge is 0.494 e. The van der Waals surface area contributed by atoms with Crippen molar-refractivity contribution in [1.82, 2.24) is 0 Å². The van der Waals surface area contributed by atoms with Crippen LogP contribution in [0.1, 0.15) is 18.4 Å². The Hall–Kier alpha value is -1.47. The molecule has 0 saturated heterocycles. The molecule has 0 aliphatic heterocycles. The van der Waals surface area contributed by atoms with Crippen LogP contribution in [0, 0.1) is 0 Å². The Morgan fingerprint density at radius 1 is 0.833 bits per heavy atom. The first-order chi connectivity index (χ1) is 14.2. The van der Waals surface area contributed by atoms with Gasteiger partial charge in [-0.3, -0.25) is 0 Å². The van der Waals surface area contributed by atoms with Gasteiger partial charge in [0.1, 0.15) is 22.6 Å². The molecule has 164 valence electrons. The number of hydrogen-bond acceptors (Lipinski definition) is 3. The smallest absolute Gasteiger partial charge is 0.416 e. The summed E-state index contributed by atoms with van der Waals surface area (Å²) in [6.45, 7) is 0.828. The van der Waals surface area contributed by atoms with Crippen LogP contribution in [0.4, 0.5) is 13.2 Å². The molecule has 0 atom stereocenters. The van der Waals surface area contributed by atoms with E-state index < -0.39 is 11.7 Å². The molecule has 10 heteroatoms. The normalized spacial score (nSPS) is 11.2. The molecule has 3 nitrogen and oxygen atoms in total. The summed E-state index contributed by atoms with van der Waals surface area (Å²) in [5.74, 6) is 1.14. The number of unbranched alkanes of at least 4 members (excludes halogenated alkanes) is 1. The Balaban J connectivity index is 1.73. The highest BCUT2D eigenvalue weighted by molar-refractivity contribution is 6.55. The van der Waals surface area contributed by atoms with E-state index in [1.165, 1.54) is 18.2 Å². The third-order valence-corrected chi connectivity index (χ3v) is 4.56. The number of hydrogen-bond donors (Lipinski definition) is 0. The van der Waals surface area contributed by atoms with Crippen molar-refractivity contribution in [1.29, 1.82) is 0 Å². The van der Waals surface area contributed by atoms with Crippen molar-refractivity contribution >= 4 is 46.4 Å². The van der Waals surface area contributed by atoms with E-state index in [0.29, 0.717) is 53.3 Å². The maximum Gasteiger partial charge on any atom is 0.416 e. The average Bonchev–Trinajstić information content (AvgIpc) is 2.65. The maximum absolute atomic E-state index is 12.5. The lowest BCUT2D eigenvalue weighted by Crippen LogP contribution is -2.05. The van der Waals surface area contributed by atoms with Crippen molar-refractivity contribution in [3.8, 4) is 17.2 Å². The molecular formula is C20H17Cl4F3O3. The van der Waals surface area contributed by atoms with Gasteiger partial charge >= 0.3 is 6.18 Å². The number of rotatable bonds is 10. The van der Waals surface area contributed by atoms with E-state index in [1.54, 1.807) is 12.1 Å².